The summed E-state index contributed by atoms with van der Waals surface area (Å²) in [6, 6.07) is 0.482. The largest absolute Gasteiger partial charge is 0.313 e. The molecule has 1 rings (SSSR count). The van der Waals surface area contributed by atoms with Crippen LogP contribution in [0, 0.1) is 12.8 Å². The van der Waals surface area contributed by atoms with Gasteiger partial charge in [-0.1, -0.05) is 38.8 Å². The highest BCUT2D eigenvalue weighted by Gasteiger charge is 2.20. The van der Waals surface area contributed by atoms with E-state index in [1.807, 2.05) is 14.0 Å². The van der Waals surface area contributed by atoms with Gasteiger partial charge in [-0.3, -0.25) is 4.68 Å². The summed E-state index contributed by atoms with van der Waals surface area (Å²) in [5, 5.41) is 8.80. The molecule has 0 aliphatic rings. The number of aromatic nitrogens is 2. The van der Waals surface area contributed by atoms with Crippen LogP contribution in [-0.4, -0.2) is 22.4 Å². The fourth-order valence-corrected chi connectivity index (χ4v) is 2.47. The van der Waals surface area contributed by atoms with Gasteiger partial charge in [-0.2, -0.15) is 5.10 Å². The minimum atomic E-state index is 0.482. The normalized spacial score (nSPS) is 14.8. The van der Waals surface area contributed by atoms with Crippen LogP contribution in [0.4, 0.5) is 0 Å². The standard InChI is InChI=1S/C14H26ClN3/c1-6-8-16-13(10(3)7-2)9-12-11(4)17-18(5)14(12)15/h10,13,16H,6-9H2,1-5H3. The van der Waals surface area contributed by atoms with E-state index in [1.54, 1.807) is 4.68 Å². The molecule has 2 unspecified atom stereocenters. The maximum absolute atomic E-state index is 6.31. The van der Waals surface area contributed by atoms with Crippen molar-refractivity contribution in [3.05, 3.63) is 16.4 Å². The van der Waals surface area contributed by atoms with Crippen molar-refractivity contribution in [2.75, 3.05) is 6.54 Å². The zero-order valence-corrected chi connectivity index (χ0v) is 13.0. The van der Waals surface area contributed by atoms with E-state index in [0.717, 1.165) is 30.2 Å². The first-order valence-electron chi connectivity index (χ1n) is 6.92. The Labute approximate surface area is 116 Å². The molecule has 104 valence electrons. The third-order valence-electron chi connectivity index (χ3n) is 3.68. The molecular weight excluding hydrogens is 246 g/mol. The smallest absolute Gasteiger partial charge is 0.130 e. The molecule has 0 radical (unpaired) electrons. The number of hydrogen-bond acceptors (Lipinski definition) is 2. The average Bonchev–Trinajstić information content (AvgIpc) is 2.59. The van der Waals surface area contributed by atoms with Crippen molar-refractivity contribution in [2.24, 2.45) is 13.0 Å². The summed E-state index contributed by atoms with van der Waals surface area (Å²) in [6.07, 6.45) is 3.30. The maximum Gasteiger partial charge on any atom is 0.130 e. The molecule has 0 aliphatic carbocycles. The summed E-state index contributed by atoms with van der Waals surface area (Å²) in [7, 11) is 1.90. The lowest BCUT2D eigenvalue weighted by molar-refractivity contribution is 0.364. The zero-order valence-electron chi connectivity index (χ0n) is 12.3. The SMILES string of the molecule is CCCNC(Cc1c(C)nn(C)c1Cl)C(C)CC. The van der Waals surface area contributed by atoms with Gasteiger partial charge in [0, 0.05) is 18.7 Å². The Morgan fingerprint density at radius 1 is 1.39 bits per heavy atom. The first-order valence-corrected chi connectivity index (χ1v) is 7.30. The molecule has 0 aromatic carbocycles. The Kier molecular flexibility index (Phi) is 6.16. The molecule has 18 heavy (non-hydrogen) atoms. The van der Waals surface area contributed by atoms with E-state index in [9.17, 15) is 0 Å². The number of rotatable bonds is 7. The van der Waals surface area contributed by atoms with Crippen LogP contribution in [0.3, 0.4) is 0 Å². The Morgan fingerprint density at radius 2 is 2.06 bits per heavy atom. The fraction of sp³-hybridized carbons (Fsp3) is 0.786. The Balaban J connectivity index is 2.81. The van der Waals surface area contributed by atoms with Gasteiger partial charge in [-0.15, -0.1) is 0 Å². The van der Waals surface area contributed by atoms with Gasteiger partial charge >= 0.3 is 0 Å². The third kappa shape index (κ3) is 3.72. The summed E-state index contributed by atoms with van der Waals surface area (Å²) in [5.41, 5.74) is 2.24. The molecule has 1 aromatic heterocycles. The minimum absolute atomic E-state index is 0.482. The van der Waals surface area contributed by atoms with Crippen LogP contribution in [0.1, 0.15) is 44.9 Å². The van der Waals surface area contributed by atoms with Gasteiger partial charge in [0.2, 0.25) is 0 Å². The molecule has 0 saturated carbocycles. The second kappa shape index (κ2) is 7.15. The number of nitrogens with zero attached hydrogens (tertiary/aromatic N) is 2. The number of nitrogens with one attached hydrogen (secondary N) is 1. The Bertz CT molecular complexity index is 373. The highest BCUT2D eigenvalue weighted by Crippen LogP contribution is 2.23. The molecule has 0 aliphatic heterocycles. The van der Waals surface area contributed by atoms with Gasteiger partial charge in [0.1, 0.15) is 5.15 Å². The maximum atomic E-state index is 6.31. The fourth-order valence-electron chi connectivity index (χ4n) is 2.21. The quantitative estimate of drug-likeness (QED) is 0.824. The second-order valence-electron chi connectivity index (χ2n) is 5.13. The Morgan fingerprint density at radius 3 is 2.50 bits per heavy atom. The molecular formula is C14H26ClN3. The number of halogens is 1. The lowest BCUT2D eigenvalue weighted by Gasteiger charge is -2.24. The van der Waals surface area contributed by atoms with Gasteiger partial charge in [0.05, 0.1) is 5.69 Å². The summed E-state index contributed by atoms with van der Waals surface area (Å²) < 4.78 is 1.76. The van der Waals surface area contributed by atoms with E-state index >= 15 is 0 Å². The van der Waals surface area contributed by atoms with Crippen molar-refractivity contribution >= 4 is 11.6 Å². The van der Waals surface area contributed by atoms with E-state index in [-0.39, 0.29) is 0 Å². The highest BCUT2D eigenvalue weighted by atomic mass is 35.5. The highest BCUT2D eigenvalue weighted by molar-refractivity contribution is 6.30. The van der Waals surface area contributed by atoms with Crippen molar-refractivity contribution in [3.63, 3.8) is 0 Å². The third-order valence-corrected chi connectivity index (χ3v) is 4.15. The van der Waals surface area contributed by atoms with Crippen LogP contribution < -0.4 is 5.32 Å². The molecule has 0 saturated heterocycles. The topological polar surface area (TPSA) is 29.9 Å². The number of hydrogen-bond donors (Lipinski definition) is 1. The molecule has 0 spiro atoms. The minimum Gasteiger partial charge on any atom is -0.313 e. The molecule has 3 nitrogen and oxygen atoms in total. The van der Waals surface area contributed by atoms with Crippen molar-refractivity contribution in [2.45, 2.75) is 53.0 Å². The summed E-state index contributed by atoms with van der Waals surface area (Å²) >= 11 is 6.31. The summed E-state index contributed by atoms with van der Waals surface area (Å²) in [5.74, 6) is 0.646. The monoisotopic (exact) mass is 271 g/mol. The molecule has 0 fully saturated rings. The second-order valence-corrected chi connectivity index (χ2v) is 5.49. The van der Waals surface area contributed by atoms with E-state index in [1.165, 1.54) is 12.0 Å². The van der Waals surface area contributed by atoms with Crippen molar-refractivity contribution in [1.82, 2.24) is 15.1 Å². The van der Waals surface area contributed by atoms with Crippen LogP contribution in [0.25, 0.3) is 0 Å². The molecule has 4 heteroatoms. The Hall–Kier alpha value is -0.540. The van der Waals surface area contributed by atoms with E-state index in [0.29, 0.717) is 12.0 Å². The lowest BCUT2D eigenvalue weighted by Crippen LogP contribution is -2.37. The molecule has 1 heterocycles. The predicted molar refractivity (Wildman–Crippen MR) is 78.2 cm³/mol. The van der Waals surface area contributed by atoms with Gasteiger partial charge in [-0.25, -0.2) is 0 Å². The van der Waals surface area contributed by atoms with E-state index in [4.69, 9.17) is 11.6 Å². The van der Waals surface area contributed by atoms with Gasteiger partial charge < -0.3 is 5.32 Å². The van der Waals surface area contributed by atoms with Crippen molar-refractivity contribution in [1.29, 1.82) is 0 Å². The molecule has 1 aromatic rings. The summed E-state index contributed by atoms with van der Waals surface area (Å²) in [6.45, 7) is 9.83. The molecule has 2 atom stereocenters. The van der Waals surface area contributed by atoms with Crippen molar-refractivity contribution < 1.29 is 0 Å². The lowest BCUT2D eigenvalue weighted by atomic mass is 9.93. The van der Waals surface area contributed by atoms with Gasteiger partial charge in [0.15, 0.2) is 0 Å². The first-order chi connectivity index (χ1) is 8.51. The average molecular weight is 272 g/mol. The van der Waals surface area contributed by atoms with Crippen molar-refractivity contribution in [3.8, 4) is 0 Å². The van der Waals surface area contributed by atoms with Crippen LogP contribution >= 0.6 is 11.6 Å². The van der Waals surface area contributed by atoms with E-state index in [2.05, 4.69) is 31.2 Å². The number of aryl methyl sites for hydroxylation is 2. The molecule has 0 bridgehead atoms. The molecule has 0 amide bonds. The van der Waals surface area contributed by atoms with Crippen LogP contribution in [-0.2, 0) is 13.5 Å². The van der Waals surface area contributed by atoms with Crippen LogP contribution in [0.2, 0.25) is 5.15 Å². The predicted octanol–water partition coefficient (Wildman–Crippen LogP) is 3.34. The zero-order chi connectivity index (χ0) is 13.7. The van der Waals surface area contributed by atoms with Crippen LogP contribution in [0.5, 0.6) is 0 Å². The van der Waals surface area contributed by atoms with Crippen LogP contribution in [0.15, 0.2) is 0 Å². The summed E-state index contributed by atoms with van der Waals surface area (Å²) in [4.78, 5) is 0. The molecule has 1 N–H and O–H groups in total. The first kappa shape index (κ1) is 15.5. The van der Waals surface area contributed by atoms with Gasteiger partial charge in [0.25, 0.3) is 0 Å². The van der Waals surface area contributed by atoms with Gasteiger partial charge in [-0.05, 0) is 32.2 Å². The van der Waals surface area contributed by atoms with E-state index < -0.39 is 0 Å².